The summed E-state index contributed by atoms with van der Waals surface area (Å²) in [6, 6.07) is 14.4. The van der Waals surface area contributed by atoms with Crippen LogP contribution in [0.5, 0.6) is 0 Å². The van der Waals surface area contributed by atoms with Crippen LogP contribution in [0.3, 0.4) is 0 Å². The summed E-state index contributed by atoms with van der Waals surface area (Å²) in [5.41, 5.74) is 0.246. The van der Waals surface area contributed by atoms with Crippen molar-refractivity contribution < 1.29 is 23.1 Å². The number of hydrogen-bond acceptors (Lipinski definition) is 5. The molecule has 0 aromatic heterocycles. The van der Waals surface area contributed by atoms with Crippen molar-refractivity contribution >= 4 is 35.9 Å². The van der Waals surface area contributed by atoms with Crippen molar-refractivity contribution in [2.75, 3.05) is 6.61 Å². The topological polar surface area (TPSA) is 54.0 Å². The molecule has 1 fully saturated rings. The minimum absolute atomic E-state index is 0.0704. The molecule has 0 bridgehead atoms. The Morgan fingerprint density at radius 2 is 1.56 bits per heavy atom. The van der Waals surface area contributed by atoms with Gasteiger partial charge in [-0.1, -0.05) is 97.1 Å². The minimum Gasteiger partial charge on any atom is -0.436 e. The largest absolute Gasteiger partial charge is 0.436 e. The van der Waals surface area contributed by atoms with Crippen LogP contribution >= 0.6 is 0 Å². The number of hydrogen-bond donors (Lipinski definition) is 0. The summed E-state index contributed by atoms with van der Waals surface area (Å²) in [5, 5.41) is 1.48. The molecule has 5 nitrogen and oxygen atoms in total. The second kappa shape index (κ2) is 13.9. The maximum absolute atomic E-state index is 12.1. The normalized spacial score (nSPS) is 23.6. The first-order valence-corrected chi connectivity index (χ1v) is 23.8. The zero-order valence-electron chi connectivity index (χ0n) is 27.1. The van der Waals surface area contributed by atoms with Crippen LogP contribution in [-0.4, -0.2) is 55.8 Å². The monoisotopic (exact) mass is 594 g/mol. The zero-order valence-corrected chi connectivity index (χ0v) is 30.1. The van der Waals surface area contributed by atoms with Gasteiger partial charge < -0.3 is 18.3 Å². The summed E-state index contributed by atoms with van der Waals surface area (Å²) in [6.07, 6.45) is 1.08. The summed E-state index contributed by atoms with van der Waals surface area (Å²) in [4.78, 5) is 12.1. The predicted octanol–water partition coefficient (Wildman–Crippen LogP) is 8.09. The van der Waals surface area contributed by atoms with E-state index >= 15 is 0 Å². The Bertz CT molecular complexity index is 887. The lowest BCUT2D eigenvalue weighted by Gasteiger charge is -2.44. The first-order valence-electron chi connectivity index (χ1n) is 15.2. The highest BCUT2D eigenvalue weighted by Crippen LogP contribution is 2.48. The Hall–Kier alpha value is -0.779. The standard InChI is InChI=1S/C31H58O5Si3/c1-13-39(14-2,15-3)33-23-19-22-27(36-38(11,12)31(6,7)8)28-29(24(4)30(35-28)34-25(5)32)37(9,10)26-20-17-16-18-21-26/h16-18,20-21,24,27-30H,13-15,19,22-23H2,1-12H3/t24-,27-,28+,29-,30?/m1/s1. The van der Waals surface area contributed by atoms with Gasteiger partial charge in [-0.05, 0) is 54.6 Å². The van der Waals surface area contributed by atoms with Gasteiger partial charge in [0.15, 0.2) is 16.6 Å². The van der Waals surface area contributed by atoms with Gasteiger partial charge in [-0.15, -0.1) is 0 Å². The number of esters is 1. The molecular formula is C31H58O5Si3. The van der Waals surface area contributed by atoms with Crippen LogP contribution < -0.4 is 5.19 Å². The van der Waals surface area contributed by atoms with Crippen LogP contribution in [-0.2, 0) is 23.1 Å². The molecule has 0 aliphatic carbocycles. The maximum atomic E-state index is 12.1. The molecule has 2 rings (SSSR count). The molecule has 1 aromatic rings. The fourth-order valence-electron chi connectivity index (χ4n) is 6.05. The van der Waals surface area contributed by atoms with Crippen molar-refractivity contribution in [1.82, 2.24) is 0 Å². The van der Waals surface area contributed by atoms with Crippen LogP contribution in [0.2, 0.25) is 54.9 Å². The molecule has 1 unspecified atom stereocenters. The van der Waals surface area contributed by atoms with Gasteiger partial charge in [0.2, 0.25) is 6.29 Å². The van der Waals surface area contributed by atoms with Crippen LogP contribution in [0.25, 0.3) is 0 Å². The smallest absolute Gasteiger partial charge is 0.304 e. The lowest BCUT2D eigenvalue weighted by Crippen LogP contribution is -2.55. The molecule has 5 atom stereocenters. The summed E-state index contributed by atoms with van der Waals surface area (Å²) in [7, 11) is -5.79. The first-order chi connectivity index (χ1) is 18.0. The van der Waals surface area contributed by atoms with Crippen LogP contribution in [0.4, 0.5) is 0 Å². The van der Waals surface area contributed by atoms with Crippen molar-refractivity contribution in [3.8, 4) is 0 Å². The second-order valence-electron chi connectivity index (χ2n) is 13.7. The average Bonchev–Trinajstić information content (AvgIpc) is 3.19. The third kappa shape index (κ3) is 8.38. The van der Waals surface area contributed by atoms with Gasteiger partial charge in [0.25, 0.3) is 0 Å². The van der Waals surface area contributed by atoms with Gasteiger partial charge in [0.1, 0.15) is 0 Å². The number of benzene rings is 1. The third-order valence-electron chi connectivity index (χ3n) is 9.87. The number of rotatable bonds is 14. The van der Waals surface area contributed by atoms with Crippen molar-refractivity contribution in [2.45, 2.75) is 142 Å². The summed E-state index contributed by atoms with van der Waals surface area (Å²) >= 11 is 0. The fraction of sp³-hybridized carbons (Fsp3) is 0.774. The van der Waals surface area contributed by atoms with E-state index < -0.39 is 31.0 Å². The van der Waals surface area contributed by atoms with Gasteiger partial charge in [0, 0.05) is 19.4 Å². The van der Waals surface area contributed by atoms with E-state index in [1.54, 1.807) is 0 Å². The maximum Gasteiger partial charge on any atom is 0.304 e. The Morgan fingerprint density at radius 1 is 1.00 bits per heavy atom. The van der Waals surface area contributed by atoms with Crippen LogP contribution in [0.1, 0.15) is 68.2 Å². The predicted molar refractivity (Wildman–Crippen MR) is 171 cm³/mol. The Balaban J connectivity index is 2.45. The molecule has 1 saturated heterocycles. The second-order valence-corrected chi connectivity index (χ2v) is 27.9. The summed E-state index contributed by atoms with van der Waals surface area (Å²) in [6.45, 7) is 27.7. The molecule has 0 spiro atoms. The lowest BCUT2D eigenvalue weighted by molar-refractivity contribution is -0.184. The molecule has 224 valence electrons. The molecule has 39 heavy (non-hydrogen) atoms. The molecule has 1 aliphatic rings. The molecule has 1 aliphatic heterocycles. The number of carbonyl (C=O) groups is 1. The van der Waals surface area contributed by atoms with E-state index in [0.29, 0.717) is 0 Å². The Morgan fingerprint density at radius 3 is 2.05 bits per heavy atom. The Labute approximate surface area is 243 Å². The van der Waals surface area contributed by atoms with Crippen molar-refractivity contribution in [2.24, 2.45) is 5.92 Å². The van der Waals surface area contributed by atoms with Gasteiger partial charge in [-0.25, -0.2) is 0 Å². The zero-order chi connectivity index (χ0) is 29.6. The van der Waals surface area contributed by atoms with Crippen LogP contribution in [0.15, 0.2) is 30.3 Å². The van der Waals surface area contributed by atoms with Gasteiger partial charge in [0.05, 0.1) is 20.3 Å². The lowest BCUT2D eigenvalue weighted by atomic mass is 10.00. The SMILES string of the molecule is CC[Si](CC)(CC)OCCC[C@@H](O[Si](C)(C)C(C)(C)C)[C@@H]1OC(OC(C)=O)[C@H](C)[C@H]1[Si](C)(C)c1ccccc1. The number of ether oxygens (including phenoxy) is 2. The summed E-state index contributed by atoms with van der Waals surface area (Å²) in [5.74, 6) is -0.205. The van der Waals surface area contributed by atoms with Crippen molar-refractivity contribution in [3.63, 3.8) is 0 Å². The number of carbonyl (C=O) groups excluding carboxylic acids is 1. The van der Waals surface area contributed by atoms with Gasteiger partial charge >= 0.3 is 5.97 Å². The van der Waals surface area contributed by atoms with Crippen molar-refractivity contribution in [1.29, 1.82) is 0 Å². The van der Waals surface area contributed by atoms with E-state index in [4.69, 9.17) is 18.3 Å². The van der Waals surface area contributed by atoms with E-state index in [1.165, 1.54) is 12.1 Å². The Kier molecular flexibility index (Phi) is 12.3. The molecule has 1 aromatic carbocycles. The highest BCUT2D eigenvalue weighted by Gasteiger charge is 2.55. The molecule has 1 heterocycles. The van der Waals surface area contributed by atoms with E-state index in [9.17, 15) is 4.79 Å². The van der Waals surface area contributed by atoms with Gasteiger partial charge in [-0.2, -0.15) is 0 Å². The molecule has 8 heteroatoms. The highest BCUT2D eigenvalue weighted by molar-refractivity contribution is 6.91. The van der Waals surface area contributed by atoms with E-state index in [1.807, 2.05) is 0 Å². The summed E-state index contributed by atoms with van der Waals surface area (Å²) < 4.78 is 26.4. The molecule has 0 radical (unpaired) electrons. The van der Waals surface area contributed by atoms with Crippen LogP contribution in [0, 0.1) is 5.92 Å². The quantitative estimate of drug-likeness (QED) is 0.124. The minimum atomic E-state index is -2.10. The fourth-order valence-corrected chi connectivity index (χ4v) is 14.1. The highest BCUT2D eigenvalue weighted by atomic mass is 28.4. The van der Waals surface area contributed by atoms with E-state index in [0.717, 1.165) is 37.6 Å². The molecular weight excluding hydrogens is 537 g/mol. The van der Waals surface area contributed by atoms with Crippen molar-refractivity contribution in [3.05, 3.63) is 30.3 Å². The average molecular weight is 595 g/mol. The van der Waals surface area contributed by atoms with E-state index in [-0.39, 0.29) is 34.7 Å². The van der Waals surface area contributed by atoms with Gasteiger partial charge in [-0.3, -0.25) is 4.79 Å². The molecule has 0 amide bonds. The molecule has 0 saturated carbocycles. The third-order valence-corrected chi connectivity index (χ3v) is 23.4. The first kappa shape index (κ1) is 34.4. The van der Waals surface area contributed by atoms with E-state index in [2.05, 4.69) is 105 Å². The molecule has 0 N–H and O–H groups in total.